The van der Waals surface area contributed by atoms with E-state index in [1.54, 1.807) is 0 Å². The lowest BCUT2D eigenvalue weighted by Crippen LogP contribution is -2.38. The van der Waals surface area contributed by atoms with Gasteiger partial charge in [0.15, 0.2) is 0 Å². The zero-order chi connectivity index (χ0) is 10.7. The molecule has 1 heteroatoms. The van der Waals surface area contributed by atoms with Gasteiger partial charge in [0.2, 0.25) is 0 Å². The molecule has 1 aliphatic carbocycles. The van der Waals surface area contributed by atoms with Crippen LogP contribution in [0.2, 0.25) is 0 Å². The van der Waals surface area contributed by atoms with Gasteiger partial charge in [-0.1, -0.05) is 40.5 Å². The van der Waals surface area contributed by atoms with Crippen LogP contribution in [0.25, 0.3) is 0 Å². The molecule has 1 saturated carbocycles. The highest BCUT2D eigenvalue weighted by Crippen LogP contribution is 2.37. The molecule has 1 aliphatic rings. The van der Waals surface area contributed by atoms with Crippen LogP contribution < -0.4 is 5.73 Å². The van der Waals surface area contributed by atoms with Crippen molar-refractivity contribution >= 4 is 0 Å². The molecule has 0 bridgehead atoms. The molecule has 3 atom stereocenters. The van der Waals surface area contributed by atoms with Gasteiger partial charge in [-0.3, -0.25) is 0 Å². The highest BCUT2D eigenvalue weighted by Gasteiger charge is 2.33. The zero-order valence-electron chi connectivity index (χ0n) is 10.3. The monoisotopic (exact) mass is 197 g/mol. The first-order valence-electron chi connectivity index (χ1n) is 6.29. The van der Waals surface area contributed by atoms with E-state index >= 15 is 0 Å². The van der Waals surface area contributed by atoms with Crippen molar-refractivity contribution in [1.82, 2.24) is 0 Å². The fraction of sp³-hybridized carbons (Fsp3) is 1.00. The van der Waals surface area contributed by atoms with E-state index in [4.69, 9.17) is 5.73 Å². The number of hydrogen-bond acceptors (Lipinski definition) is 1. The second kappa shape index (κ2) is 5.16. The molecule has 1 nitrogen and oxygen atoms in total. The average Bonchev–Trinajstić information content (AvgIpc) is 2.26. The molecule has 1 fully saturated rings. The average molecular weight is 197 g/mol. The maximum Gasteiger partial charge on any atom is 0.00723 e. The van der Waals surface area contributed by atoms with E-state index < -0.39 is 0 Å². The molecule has 0 spiro atoms. The third-order valence-corrected chi connectivity index (χ3v) is 3.94. The quantitative estimate of drug-likeness (QED) is 0.674. The van der Waals surface area contributed by atoms with E-state index in [9.17, 15) is 0 Å². The molecule has 0 aromatic carbocycles. The molecule has 3 unspecified atom stereocenters. The van der Waals surface area contributed by atoms with E-state index in [0.717, 1.165) is 23.7 Å². The smallest absolute Gasteiger partial charge is 0.00723 e. The molecule has 0 aromatic heterocycles. The van der Waals surface area contributed by atoms with Gasteiger partial charge < -0.3 is 5.73 Å². The summed E-state index contributed by atoms with van der Waals surface area (Å²) in [5, 5.41) is 0. The molecular formula is C13H27N. The van der Waals surface area contributed by atoms with E-state index in [1.165, 1.54) is 25.7 Å². The summed E-state index contributed by atoms with van der Waals surface area (Å²) in [6.45, 7) is 9.40. The van der Waals surface area contributed by atoms with E-state index in [1.807, 2.05) is 0 Å². The molecule has 2 N–H and O–H groups in total. The normalized spacial score (nSPS) is 34.9. The number of nitrogens with two attached hydrogens (primary N) is 1. The molecular weight excluding hydrogens is 170 g/mol. The van der Waals surface area contributed by atoms with Crippen molar-refractivity contribution in [3.05, 3.63) is 0 Å². The number of rotatable bonds is 2. The van der Waals surface area contributed by atoms with Crippen LogP contribution in [0.15, 0.2) is 0 Å². The fourth-order valence-electron chi connectivity index (χ4n) is 3.23. The van der Waals surface area contributed by atoms with Crippen LogP contribution in [0.1, 0.15) is 53.4 Å². The highest BCUT2D eigenvalue weighted by molar-refractivity contribution is 4.86. The van der Waals surface area contributed by atoms with Crippen molar-refractivity contribution < 1.29 is 0 Å². The summed E-state index contributed by atoms with van der Waals surface area (Å²) in [6, 6.07) is 0.449. The minimum Gasteiger partial charge on any atom is -0.327 e. The Hall–Kier alpha value is -0.0400. The summed E-state index contributed by atoms with van der Waals surface area (Å²) in [4.78, 5) is 0. The van der Waals surface area contributed by atoms with Crippen LogP contribution in [0.5, 0.6) is 0 Å². The Morgan fingerprint density at radius 2 is 1.50 bits per heavy atom. The first kappa shape index (κ1) is 12.0. The first-order valence-corrected chi connectivity index (χ1v) is 6.29. The van der Waals surface area contributed by atoms with Gasteiger partial charge in [-0.15, -0.1) is 0 Å². The van der Waals surface area contributed by atoms with Crippen molar-refractivity contribution in [2.75, 3.05) is 0 Å². The lowest BCUT2D eigenvalue weighted by molar-refractivity contribution is 0.164. The zero-order valence-corrected chi connectivity index (χ0v) is 10.3. The Bertz CT molecular complexity index is 163. The first-order chi connectivity index (χ1) is 6.54. The van der Waals surface area contributed by atoms with Gasteiger partial charge >= 0.3 is 0 Å². The topological polar surface area (TPSA) is 26.0 Å². The predicted octanol–water partition coefficient (Wildman–Crippen LogP) is 3.43. The summed E-state index contributed by atoms with van der Waals surface area (Å²) < 4.78 is 0. The van der Waals surface area contributed by atoms with Crippen LogP contribution in [-0.4, -0.2) is 6.04 Å². The lowest BCUT2D eigenvalue weighted by atomic mass is 9.72. The van der Waals surface area contributed by atoms with Gasteiger partial charge in [0, 0.05) is 6.04 Å². The molecule has 14 heavy (non-hydrogen) atoms. The van der Waals surface area contributed by atoms with Crippen molar-refractivity contribution in [1.29, 1.82) is 0 Å². The summed E-state index contributed by atoms with van der Waals surface area (Å²) in [6.07, 6.45) is 5.37. The van der Waals surface area contributed by atoms with Crippen LogP contribution in [0.3, 0.4) is 0 Å². The van der Waals surface area contributed by atoms with Gasteiger partial charge in [0.1, 0.15) is 0 Å². The molecule has 0 aromatic rings. The van der Waals surface area contributed by atoms with E-state index in [-0.39, 0.29) is 0 Å². The summed E-state index contributed by atoms with van der Waals surface area (Å²) >= 11 is 0. The van der Waals surface area contributed by atoms with Crippen LogP contribution in [0, 0.1) is 23.7 Å². The Labute approximate surface area is 89.5 Å². The van der Waals surface area contributed by atoms with Gasteiger partial charge in [0.05, 0.1) is 0 Å². The van der Waals surface area contributed by atoms with Gasteiger partial charge in [-0.05, 0) is 36.5 Å². The van der Waals surface area contributed by atoms with Crippen LogP contribution in [0.4, 0.5) is 0 Å². The van der Waals surface area contributed by atoms with Crippen molar-refractivity contribution in [3.8, 4) is 0 Å². The minimum atomic E-state index is 0.449. The van der Waals surface area contributed by atoms with Crippen molar-refractivity contribution in [2.45, 2.75) is 59.4 Å². The largest absolute Gasteiger partial charge is 0.327 e. The SMILES string of the molecule is CC(C)C1CCCCC(N)C1C(C)C. The minimum absolute atomic E-state index is 0.449. The maximum absolute atomic E-state index is 6.31. The Kier molecular flexibility index (Phi) is 4.43. The number of hydrogen-bond donors (Lipinski definition) is 1. The molecule has 0 amide bonds. The van der Waals surface area contributed by atoms with Gasteiger partial charge in [0.25, 0.3) is 0 Å². The molecule has 0 radical (unpaired) electrons. The predicted molar refractivity (Wildman–Crippen MR) is 63.1 cm³/mol. The third kappa shape index (κ3) is 2.73. The van der Waals surface area contributed by atoms with Gasteiger partial charge in [-0.2, -0.15) is 0 Å². The summed E-state index contributed by atoms with van der Waals surface area (Å²) in [7, 11) is 0. The summed E-state index contributed by atoms with van der Waals surface area (Å²) in [5.74, 6) is 3.15. The Morgan fingerprint density at radius 1 is 0.929 bits per heavy atom. The molecule has 1 rings (SSSR count). The second-order valence-corrected chi connectivity index (χ2v) is 5.68. The van der Waals surface area contributed by atoms with Crippen molar-refractivity contribution in [2.24, 2.45) is 29.4 Å². The molecule has 84 valence electrons. The summed E-state index contributed by atoms with van der Waals surface area (Å²) in [5.41, 5.74) is 6.31. The van der Waals surface area contributed by atoms with Crippen LogP contribution in [-0.2, 0) is 0 Å². The lowest BCUT2D eigenvalue weighted by Gasteiger charge is -2.35. The fourth-order valence-corrected chi connectivity index (χ4v) is 3.23. The third-order valence-electron chi connectivity index (χ3n) is 3.94. The molecule has 0 aliphatic heterocycles. The van der Waals surface area contributed by atoms with E-state index in [0.29, 0.717) is 6.04 Å². The standard InChI is InChI=1S/C13H27N/c1-9(2)11-7-5-6-8-12(14)13(11)10(3)4/h9-13H,5-8,14H2,1-4H3. The van der Waals surface area contributed by atoms with Crippen LogP contribution >= 0.6 is 0 Å². The second-order valence-electron chi connectivity index (χ2n) is 5.68. The van der Waals surface area contributed by atoms with Gasteiger partial charge in [-0.25, -0.2) is 0 Å². The van der Waals surface area contributed by atoms with E-state index in [2.05, 4.69) is 27.7 Å². The molecule has 0 heterocycles. The Balaban J connectivity index is 2.75. The Morgan fingerprint density at radius 3 is 2.00 bits per heavy atom. The molecule has 0 saturated heterocycles. The maximum atomic E-state index is 6.31. The highest BCUT2D eigenvalue weighted by atomic mass is 14.7. The van der Waals surface area contributed by atoms with Crippen molar-refractivity contribution in [3.63, 3.8) is 0 Å².